The van der Waals surface area contributed by atoms with Crippen molar-refractivity contribution in [2.75, 3.05) is 0 Å². The second kappa shape index (κ2) is 35.5. The summed E-state index contributed by atoms with van der Waals surface area (Å²) in [6.07, 6.45) is 12.7. The monoisotopic (exact) mass is 1320 g/mol. The molecule has 2 bridgehead atoms. The van der Waals surface area contributed by atoms with Crippen molar-refractivity contribution in [2.45, 2.75) is 274 Å². The number of aliphatic hydroxyl groups excluding tert-OH is 11. The smallest absolute Gasteiger partial charge is 0.311 e. The fourth-order valence-electron chi connectivity index (χ4n) is 16.7. The number of esters is 1. The first-order valence-corrected chi connectivity index (χ1v) is 34.1. The maximum atomic E-state index is 12.6. The molecule has 7 rings (SSSR count). The van der Waals surface area contributed by atoms with Gasteiger partial charge in [0, 0.05) is 43.9 Å². The minimum absolute atomic E-state index is 0.0591. The number of aliphatic hydroxyl groups is 12. The zero-order chi connectivity index (χ0) is 68.7. The molecular formula is C71H113NO21. The van der Waals surface area contributed by atoms with Crippen LogP contribution in [0.25, 0.3) is 0 Å². The van der Waals surface area contributed by atoms with E-state index in [9.17, 15) is 80.8 Å². The molecule has 4 aliphatic carbocycles. The molecule has 0 aromatic rings. The number of carbonyl (C=O) groups is 3. The molecule has 0 aromatic heterocycles. The van der Waals surface area contributed by atoms with Crippen LogP contribution in [0.1, 0.15) is 164 Å². The van der Waals surface area contributed by atoms with Crippen LogP contribution in [0.4, 0.5) is 0 Å². The number of aliphatic carboxylic acids is 2. The first-order chi connectivity index (χ1) is 43.8. The lowest BCUT2D eigenvalue weighted by atomic mass is 9.43. The average molecular weight is 1320 g/mol. The van der Waals surface area contributed by atoms with Crippen molar-refractivity contribution in [1.29, 1.82) is 0 Å². The van der Waals surface area contributed by atoms with Gasteiger partial charge in [0.25, 0.3) is 0 Å². The van der Waals surface area contributed by atoms with Crippen LogP contribution in [-0.2, 0) is 33.3 Å². The van der Waals surface area contributed by atoms with Crippen LogP contribution in [-0.4, -0.2) is 199 Å². The third-order valence-corrected chi connectivity index (χ3v) is 22.3. The van der Waals surface area contributed by atoms with Gasteiger partial charge in [-0.2, -0.15) is 0 Å². The van der Waals surface area contributed by atoms with E-state index in [2.05, 4.69) is 20.8 Å². The summed E-state index contributed by atoms with van der Waals surface area (Å²) in [6.45, 7) is 13.7. The van der Waals surface area contributed by atoms with E-state index in [0.717, 1.165) is 38.5 Å². The van der Waals surface area contributed by atoms with E-state index < -0.39 is 153 Å². The lowest BCUT2D eigenvalue weighted by Gasteiger charge is -2.62. The lowest BCUT2D eigenvalue weighted by Crippen LogP contribution is -2.61. The quantitative estimate of drug-likeness (QED) is 0.146. The number of cyclic esters (lactones) is 1. The molecule has 0 amide bonds. The number of fused-ring (bicyclic) bond motifs is 7. The number of carboxylic acids is 2. The molecule has 22 nitrogen and oxygen atoms in total. The lowest BCUT2D eigenvalue weighted by molar-refractivity contribution is -0.308. The molecule has 0 radical (unpaired) electrons. The van der Waals surface area contributed by atoms with Gasteiger partial charge in [0.15, 0.2) is 12.1 Å². The highest BCUT2D eigenvalue weighted by Gasteiger charge is 2.64. The number of nitrogens with two attached hydrogens (primary N) is 1. The molecule has 2 saturated heterocycles. The highest BCUT2D eigenvalue weighted by molar-refractivity contribution is 5.72. The van der Waals surface area contributed by atoms with Gasteiger partial charge in [0.2, 0.25) is 0 Å². The topological polar surface area (TPSA) is 397 Å². The fourth-order valence-corrected chi connectivity index (χ4v) is 16.7. The van der Waals surface area contributed by atoms with Crippen LogP contribution >= 0.6 is 0 Å². The van der Waals surface area contributed by atoms with Crippen molar-refractivity contribution < 1.29 is 105 Å². The van der Waals surface area contributed by atoms with E-state index >= 15 is 0 Å². The number of rotatable bonds is 7. The normalized spacial score (nSPS) is 44.9. The van der Waals surface area contributed by atoms with E-state index in [1.807, 2.05) is 19.1 Å². The molecule has 93 heavy (non-hydrogen) atoms. The van der Waals surface area contributed by atoms with Gasteiger partial charge < -0.3 is 96.2 Å². The van der Waals surface area contributed by atoms with Crippen LogP contribution in [0.5, 0.6) is 0 Å². The van der Waals surface area contributed by atoms with E-state index in [-0.39, 0.29) is 61.1 Å². The van der Waals surface area contributed by atoms with Crippen molar-refractivity contribution in [3.63, 3.8) is 0 Å². The number of ether oxygens (including phenoxy) is 4. The zero-order valence-electron chi connectivity index (χ0n) is 55.5. The molecule has 3 aliphatic heterocycles. The number of allylic oxidation sites excluding steroid dienone is 12. The number of carboxylic acid groups (broad SMARTS) is 2. The van der Waals surface area contributed by atoms with Gasteiger partial charge in [0.05, 0.1) is 91.8 Å². The largest absolute Gasteiger partial charge is 0.481 e. The molecule has 6 fully saturated rings. The van der Waals surface area contributed by atoms with E-state index in [1.165, 1.54) is 32.3 Å². The van der Waals surface area contributed by atoms with Crippen molar-refractivity contribution in [3.05, 3.63) is 85.1 Å². The highest BCUT2D eigenvalue weighted by atomic mass is 16.7. The highest BCUT2D eigenvalue weighted by Crippen LogP contribution is 2.68. The molecule has 3 heterocycles. The van der Waals surface area contributed by atoms with Gasteiger partial charge in [-0.05, 0) is 137 Å². The predicted octanol–water partition coefficient (Wildman–Crippen LogP) is 5.19. The van der Waals surface area contributed by atoms with Gasteiger partial charge in [-0.15, -0.1) is 0 Å². The molecular weight excluding hydrogens is 1200 g/mol. The van der Waals surface area contributed by atoms with E-state index in [1.54, 1.807) is 80.7 Å². The minimum Gasteiger partial charge on any atom is -0.481 e. The first kappa shape index (κ1) is 78.0. The van der Waals surface area contributed by atoms with Gasteiger partial charge in [0.1, 0.15) is 18.1 Å². The van der Waals surface area contributed by atoms with E-state index in [4.69, 9.17) is 29.8 Å². The van der Waals surface area contributed by atoms with Gasteiger partial charge in [-0.25, -0.2) is 0 Å². The summed E-state index contributed by atoms with van der Waals surface area (Å²) >= 11 is 0. The summed E-state index contributed by atoms with van der Waals surface area (Å²) in [5, 5.41) is 149. The van der Waals surface area contributed by atoms with Crippen LogP contribution in [0.2, 0.25) is 0 Å². The zero-order valence-corrected chi connectivity index (χ0v) is 55.5. The van der Waals surface area contributed by atoms with Crippen LogP contribution in [0.3, 0.4) is 0 Å². The van der Waals surface area contributed by atoms with E-state index in [0.29, 0.717) is 35.5 Å². The summed E-state index contributed by atoms with van der Waals surface area (Å²) in [5.74, 6) is -4.28. The van der Waals surface area contributed by atoms with Crippen molar-refractivity contribution in [2.24, 2.45) is 69.8 Å². The Hall–Kier alpha value is -4.05. The van der Waals surface area contributed by atoms with Crippen LogP contribution in [0, 0.1) is 64.1 Å². The number of hydrogen-bond acceptors (Lipinski definition) is 20. The maximum absolute atomic E-state index is 12.6. The SMILES string of the molecule is CC(CCC(=O)O)[C@H]1CC[C@H]2[C@@H]3CC[C@@H]4C[C@H](O)CC[C@]4(C)[C@H]3C[C@H](O)[C@]12C.C[C@@H]1[C@H](O)[C@@H](C)C=CC=CC=CC=CC=CC=CC=C[C@H](O[C@@H]2O[C@H](C)[C@@H](O)[C@H](N)[C@@H]2O)C[C@@H]2O[C@](O)(C[C@@H](O)C[C@@H](O)[C@H](O)CC[C@@H](O)C[C@@H](O)CC(=O)O[C@H]1C)C[C@H](O)[C@H]2C(=O)O. The second-order valence-corrected chi connectivity index (χ2v) is 28.9. The molecule has 16 N–H and O–H groups in total. The Balaban J connectivity index is 0.000000402. The molecule has 29 atom stereocenters. The Labute approximate surface area is 549 Å². The molecule has 1 unspecified atom stereocenters. The Kier molecular flexibility index (Phi) is 29.7. The average Bonchev–Trinajstić information content (AvgIpc) is 1.68. The molecule has 4 saturated carbocycles. The minimum atomic E-state index is -2.33. The van der Waals surface area contributed by atoms with Crippen LogP contribution in [0.15, 0.2) is 85.1 Å². The molecule has 0 aromatic carbocycles. The molecule has 7 aliphatic rings. The van der Waals surface area contributed by atoms with Gasteiger partial charge in [-0.3, -0.25) is 14.4 Å². The Morgan fingerprint density at radius 3 is 1.87 bits per heavy atom. The molecule has 22 heteroatoms. The number of hydrogen-bond donors (Lipinski definition) is 15. The third kappa shape index (κ3) is 21.0. The number of carbonyl (C=O) groups excluding carboxylic acids is 1. The van der Waals surface area contributed by atoms with Crippen LogP contribution < -0.4 is 5.73 Å². The first-order valence-electron chi connectivity index (χ1n) is 34.1. The summed E-state index contributed by atoms with van der Waals surface area (Å²) in [5.41, 5.74) is 6.23. The summed E-state index contributed by atoms with van der Waals surface area (Å²) < 4.78 is 23.1. The summed E-state index contributed by atoms with van der Waals surface area (Å²) in [6, 6.07) is -1.15. The second-order valence-electron chi connectivity index (χ2n) is 28.9. The van der Waals surface area contributed by atoms with Gasteiger partial charge >= 0.3 is 17.9 Å². The van der Waals surface area contributed by atoms with Crippen molar-refractivity contribution in [1.82, 2.24) is 0 Å². The van der Waals surface area contributed by atoms with Crippen molar-refractivity contribution in [3.8, 4) is 0 Å². The Bertz CT molecular complexity index is 2580. The molecule has 0 spiro atoms. The third-order valence-electron chi connectivity index (χ3n) is 22.3. The standard InChI is InChI=1S/C47H73NO17.C24H40O4/c1-27-17-15-13-11-9-7-5-6-8-10-12-14-16-18-34(64-46-44(58)41(48)43(57)30(4)63-46)24-38-40(45(59)60)37(54)26-47(61,65-38)25-33(51)22-36(53)35(52)20-19-31(49)21-32(50)23-39(55)62-29(3)28(2)42(27)56;1-14(4-9-22(27)28)18-7-8-19-17-6-5-15-12-16(25)10-11-23(15,2)20(17)13-21(26)24(18,19)3/h5-18,27-38,40-44,46,49-54,56-58,61H,19-26,48H2,1-4H3,(H,59,60);14-21,25-26H,4-13H2,1-3H3,(H,27,28)/t27-,28-,29-,30+,31+,32+,33-,34-,35+,36+,37-,38-,40+,41-,42+,43+,44-,46-,47+;14?,15-,16-,17+,18-,19+,20+,21+,23+,24-/m01/s1. The molecule has 528 valence electrons. The summed E-state index contributed by atoms with van der Waals surface area (Å²) in [7, 11) is 0. The summed E-state index contributed by atoms with van der Waals surface area (Å²) in [4.78, 5) is 36.1. The Morgan fingerprint density at radius 1 is 0.634 bits per heavy atom. The van der Waals surface area contributed by atoms with Gasteiger partial charge in [-0.1, -0.05) is 120 Å². The fraction of sp³-hybridized carbons (Fsp3) is 0.761. The predicted molar refractivity (Wildman–Crippen MR) is 346 cm³/mol. The van der Waals surface area contributed by atoms with Crippen molar-refractivity contribution >= 4 is 17.9 Å². The maximum Gasteiger partial charge on any atom is 0.311 e. The Morgan fingerprint density at radius 2 is 1.25 bits per heavy atom.